The number of rotatable bonds is 2. The summed E-state index contributed by atoms with van der Waals surface area (Å²) in [5, 5.41) is 11.7. The third-order valence-electron chi connectivity index (χ3n) is 3.18. The molecule has 0 atom stereocenters. The van der Waals surface area contributed by atoms with E-state index >= 15 is 0 Å². The lowest BCUT2D eigenvalue weighted by Crippen LogP contribution is -1.86. The first-order chi connectivity index (χ1) is 9.88. The average Bonchev–Trinajstić information content (AvgIpc) is 2.53. The van der Waals surface area contributed by atoms with Gasteiger partial charge in [-0.2, -0.15) is 5.26 Å². The second kappa shape index (κ2) is 5.38. The van der Waals surface area contributed by atoms with E-state index in [1.165, 1.54) is 5.39 Å². The van der Waals surface area contributed by atoms with Crippen molar-refractivity contribution in [2.24, 2.45) is 0 Å². The summed E-state index contributed by atoms with van der Waals surface area (Å²) in [6, 6.07) is 22.0. The minimum absolute atomic E-state index is 0.571. The van der Waals surface area contributed by atoms with Crippen LogP contribution >= 0.6 is 0 Å². The molecule has 2 heteroatoms. The van der Waals surface area contributed by atoms with Crippen LogP contribution in [0, 0.1) is 11.3 Å². The molecule has 20 heavy (non-hydrogen) atoms. The lowest BCUT2D eigenvalue weighted by atomic mass is 10.0. The van der Waals surface area contributed by atoms with E-state index in [4.69, 9.17) is 0 Å². The summed E-state index contributed by atoms with van der Waals surface area (Å²) >= 11 is 0. The monoisotopic (exact) mass is 256 g/mol. The van der Waals surface area contributed by atoms with Gasteiger partial charge in [0, 0.05) is 6.20 Å². The molecule has 0 unspecified atom stereocenters. The molecule has 94 valence electrons. The summed E-state index contributed by atoms with van der Waals surface area (Å²) in [5.41, 5.74) is 2.30. The van der Waals surface area contributed by atoms with E-state index < -0.39 is 0 Å². The van der Waals surface area contributed by atoms with Crippen molar-refractivity contribution in [1.29, 1.82) is 5.26 Å². The third-order valence-corrected chi connectivity index (χ3v) is 3.18. The molecule has 2 aromatic carbocycles. The van der Waals surface area contributed by atoms with E-state index in [9.17, 15) is 5.26 Å². The van der Waals surface area contributed by atoms with Crippen molar-refractivity contribution in [3.8, 4) is 6.07 Å². The van der Waals surface area contributed by atoms with Crippen LogP contribution in [0.4, 0.5) is 0 Å². The molecule has 0 spiro atoms. The van der Waals surface area contributed by atoms with Crippen LogP contribution in [0.5, 0.6) is 0 Å². The molecule has 0 amide bonds. The van der Waals surface area contributed by atoms with Crippen LogP contribution in [0.25, 0.3) is 22.4 Å². The summed E-state index contributed by atoms with van der Waals surface area (Å²) < 4.78 is 0. The Labute approximate surface area is 117 Å². The Morgan fingerprint density at radius 2 is 1.75 bits per heavy atom. The number of pyridine rings is 1. The second-order valence-corrected chi connectivity index (χ2v) is 4.45. The maximum atomic E-state index is 9.35. The first-order valence-corrected chi connectivity index (χ1v) is 6.39. The van der Waals surface area contributed by atoms with E-state index in [-0.39, 0.29) is 0 Å². The number of nitrogens with zero attached hydrogens (tertiary/aromatic N) is 2. The van der Waals surface area contributed by atoms with Gasteiger partial charge in [-0.1, -0.05) is 48.5 Å². The van der Waals surface area contributed by atoms with Crippen molar-refractivity contribution in [1.82, 2.24) is 4.98 Å². The molecule has 3 aromatic rings. The van der Waals surface area contributed by atoms with Gasteiger partial charge in [0.2, 0.25) is 0 Å². The predicted molar refractivity (Wildman–Crippen MR) is 81.7 cm³/mol. The highest BCUT2D eigenvalue weighted by atomic mass is 14.7. The van der Waals surface area contributed by atoms with Crippen LogP contribution in [0.1, 0.15) is 11.3 Å². The topological polar surface area (TPSA) is 36.7 Å². The minimum atomic E-state index is 0.571. The molecule has 0 saturated carbocycles. The number of hydrogen-bond donors (Lipinski definition) is 0. The van der Waals surface area contributed by atoms with E-state index in [1.807, 2.05) is 48.5 Å². The molecule has 0 aliphatic rings. The fraction of sp³-hybridized carbons (Fsp3) is 0. The summed E-state index contributed by atoms with van der Waals surface area (Å²) in [5.74, 6) is 0. The molecule has 0 aliphatic carbocycles. The first kappa shape index (κ1) is 12.1. The predicted octanol–water partition coefficient (Wildman–Crippen LogP) is 4.30. The van der Waals surface area contributed by atoms with Crippen LogP contribution in [-0.2, 0) is 0 Å². The van der Waals surface area contributed by atoms with Crippen molar-refractivity contribution in [2.45, 2.75) is 0 Å². The zero-order chi connectivity index (χ0) is 13.8. The molecular formula is C18H12N2. The van der Waals surface area contributed by atoms with Crippen LogP contribution < -0.4 is 0 Å². The number of benzene rings is 2. The quantitative estimate of drug-likeness (QED) is 0.641. The van der Waals surface area contributed by atoms with Gasteiger partial charge in [0.1, 0.15) is 6.07 Å². The van der Waals surface area contributed by atoms with Gasteiger partial charge in [-0.15, -0.1) is 0 Å². The van der Waals surface area contributed by atoms with Gasteiger partial charge in [-0.05, 0) is 34.5 Å². The van der Waals surface area contributed by atoms with Crippen molar-refractivity contribution in [3.63, 3.8) is 0 Å². The number of allylic oxidation sites excluding steroid dienone is 1. The normalized spacial score (nSPS) is 11.2. The van der Waals surface area contributed by atoms with E-state index in [0.717, 1.165) is 10.9 Å². The van der Waals surface area contributed by atoms with E-state index in [2.05, 4.69) is 29.3 Å². The Morgan fingerprint density at radius 3 is 2.55 bits per heavy atom. The number of hydrogen-bond acceptors (Lipinski definition) is 2. The number of fused-ring (bicyclic) bond motifs is 1. The Morgan fingerprint density at radius 1 is 0.950 bits per heavy atom. The molecule has 1 heterocycles. The summed E-state index contributed by atoms with van der Waals surface area (Å²) in [4.78, 5) is 4.24. The van der Waals surface area contributed by atoms with Gasteiger partial charge < -0.3 is 0 Å². The SMILES string of the molecule is N#C/C(=C\c1cccc2ccccc12)c1ccccn1. The van der Waals surface area contributed by atoms with Crippen molar-refractivity contribution in [3.05, 3.63) is 78.1 Å². The molecule has 0 bridgehead atoms. The van der Waals surface area contributed by atoms with Gasteiger partial charge in [-0.25, -0.2) is 0 Å². The molecule has 1 aromatic heterocycles. The maximum Gasteiger partial charge on any atom is 0.101 e. The molecule has 0 radical (unpaired) electrons. The molecule has 0 fully saturated rings. The standard InChI is InChI=1S/C18H12N2/c19-13-16(18-10-3-4-11-20-18)12-15-8-5-7-14-6-1-2-9-17(14)15/h1-12H/b16-12+. The zero-order valence-corrected chi connectivity index (χ0v) is 10.8. The Hall–Kier alpha value is -2.92. The fourth-order valence-electron chi connectivity index (χ4n) is 2.22. The van der Waals surface area contributed by atoms with E-state index in [1.54, 1.807) is 6.20 Å². The van der Waals surface area contributed by atoms with Gasteiger partial charge in [0.15, 0.2) is 0 Å². The second-order valence-electron chi connectivity index (χ2n) is 4.45. The lowest BCUT2D eigenvalue weighted by Gasteiger charge is -2.03. The molecular weight excluding hydrogens is 244 g/mol. The Bertz CT molecular complexity index is 806. The smallest absolute Gasteiger partial charge is 0.101 e. The van der Waals surface area contributed by atoms with E-state index in [0.29, 0.717) is 11.3 Å². The highest BCUT2D eigenvalue weighted by Gasteiger charge is 2.03. The molecule has 0 saturated heterocycles. The maximum absolute atomic E-state index is 9.35. The zero-order valence-electron chi connectivity index (χ0n) is 10.8. The number of aromatic nitrogens is 1. The van der Waals surface area contributed by atoms with Gasteiger partial charge in [0.25, 0.3) is 0 Å². The Balaban J connectivity index is 2.16. The van der Waals surface area contributed by atoms with Gasteiger partial charge in [-0.3, -0.25) is 4.98 Å². The Kier molecular flexibility index (Phi) is 3.26. The van der Waals surface area contributed by atoms with Crippen molar-refractivity contribution >= 4 is 22.4 Å². The summed E-state index contributed by atoms with van der Waals surface area (Å²) in [7, 11) is 0. The number of nitriles is 1. The highest BCUT2D eigenvalue weighted by molar-refractivity contribution is 5.97. The van der Waals surface area contributed by atoms with Gasteiger partial charge >= 0.3 is 0 Å². The summed E-state index contributed by atoms with van der Waals surface area (Å²) in [6.45, 7) is 0. The average molecular weight is 256 g/mol. The van der Waals surface area contributed by atoms with Crippen LogP contribution in [0.15, 0.2) is 66.9 Å². The third kappa shape index (κ3) is 2.30. The highest BCUT2D eigenvalue weighted by Crippen LogP contribution is 2.23. The molecule has 0 aliphatic heterocycles. The minimum Gasteiger partial charge on any atom is -0.256 e. The van der Waals surface area contributed by atoms with Gasteiger partial charge in [0.05, 0.1) is 11.3 Å². The molecule has 2 nitrogen and oxygen atoms in total. The van der Waals surface area contributed by atoms with Crippen LogP contribution in [-0.4, -0.2) is 4.98 Å². The van der Waals surface area contributed by atoms with Crippen LogP contribution in [0.2, 0.25) is 0 Å². The van der Waals surface area contributed by atoms with Crippen molar-refractivity contribution < 1.29 is 0 Å². The largest absolute Gasteiger partial charge is 0.256 e. The fourth-order valence-corrected chi connectivity index (χ4v) is 2.22. The summed E-state index contributed by atoms with van der Waals surface area (Å²) in [6.07, 6.45) is 3.59. The van der Waals surface area contributed by atoms with Crippen LogP contribution in [0.3, 0.4) is 0 Å². The lowest BCUT2D eigenvalue weighted by molar-refractivity contribution is 1.28. The first-order valence-electron chi connectivity index (χ1n) is 6.39. The molecule has 3 rings (SSSR count). The molecule has 0 N–H and O–H groups in total. The van der Waals surface area contributed by atoms with Crippen molar-refractivity contribution in [2.75, 3.05) is 0 Å².